The smallest absolute Gasteiger partial charge is 0.183 e. The standard InChI is InChI=1S/C7H16O3SSi/c1-5-11(8,9)7-6-10-12(2,3)4/h5H,1,6-7H2,2-4H3. The molecule has 0 spiro atoms. The van der Waals surface area contributed by atoms with Crippen molar-refractivity contribution in [2.24, 2.45) is 0 Å². The van der Waals surface area contributed by atoms with Crippen molar-refractivity contribution in [2.45, 2.75) is 19.6 Å². The van der Waals surface area contributed by atoms with Gasteiger partial charge in [-0.3, -0.25) is 0 Å². The quantitative estimate of drug-likeness (QED) is 0.641. The van der Waals surface area contributed by atoms with Crippen LogP contribution in [0.15, 0.2) is 12.0 Å². The van der Waals surface area contributed by atoms with Gasteiger partial charge in [0.15, 0.2) is 18.2 Å². The second kappa shape index (κ2) is 4.20. The third kappa shape index (κ3) is 6.57. The van der Waals surface area contributed by atoms with Crippen molar-refractivity contribution in [3.8, 4) is 0 Å². The van der Waals surface area contributed by atoms with Crippen molar-refractivity contribution < 1.29 is 12.8 Å². The molecular formula is C7H16O3SSi. The summed E-state index contributed by atoms with van der Waals surface area (Å²) in [5.41, 5.74) is 0. The molecule has 0 heterocycles. The van der Waals surface area contributed by atoms with E-state index in [-0.39, 0.29) is 12.4 Å². The molecule has 0 rings (SSSR count). The largest absolute Gasteiger partial charge is 0.417 e. The van der Waals surface area contributed by atoms with E-state index in [2.05, 4.69) is 6.58 Å². The average Bonchev–Trinajstić information content (AvgIpc) is 1.84. The molecular weight excluding hydrogens is 192 g/mol. The minimum atomic E-state index is -3.08. The molecule has 0 atom stereocenters. The number of sulfone groups is 1. The van der Waals surface area contributed by atoms with Crippen LogP contribution in [0, 0.1) is 0 Å². The van der Waals surface area contributed by atoms with Gasteiger partial charge in [0.05, 0.1) is 5.75 Å². The molecule has 0 aliphatic rings. The highest BCUT2D eigenvalue weighted by Gasteiger charge is 2.15. The van der Waals surface area contributed by atoms with Gasteiger partial charge in [-0.2, -0.15) is 0 Å². The Hall–Kier alpha value is -0.133. The second-order valence-electron chi connectivity index (χ2n) is 3.49. The van der Waals surface area contributed by atoms with Gasteiger partial charge in [-0.25, -0.2) is 8.42 Å². The van der Waals surface area contributed by atoms with E-state index in [1.807, 2.05) is 19.6 Å². The van der Waals surface area contributed by atoms with Crippen LogP contribution in [-0.4, -0.2) is 29.1 Å². The molecule has 12 heavy (non-hydrogen) atoms. The topological polar surface area (TPSA) is 43.4 Å². The summed E-state index contributed by atoms with van der Waals surface area (Å²) in [7, 11) is -4.65. The van der Waals surface area contributed by atoms with Crippen LogP contribution in [0.4, 0.5) is 0 Å². The molecule has 0 fully saturated rings. The molecule has 5 heteroatoms. The van der Waals surface area contributed by atoms with E-state index in [4.69, 9.17) is 4.43 Å². The third-order valence-corrected chi connectivity index (χ3v) is 3.47. The summed E-state index contributed by atoms with van der Waals surface area (Å²) >= 11 is 0. The van der Waals surface area contributed by atoms with E-state index in [1.54, 1.807) is 0 Å². The molecule has 0 saturated carbocycles. The van der Waals surface area contributed by atoms with Gasteiger partial charge >= 0.3 is 0 Å². The molecule has 0 aliphatic heterocycles. The first-order valence-corrected chi connectivity index (χ1v) is 8.88. The highest BCUT2D eigenvalue weighted by atomic mass is 32.2. The Morgan fingerprint density at radius 2 is 1.92 bits per heavy atom. The van der Waals surface area contributed by atoms with Gasteiger partial charge in [0.1, 0.15) is 0 Å². The number of hydrogen-bond donors (Lipinski definition) is 0. The highest BCUT2D eigenvalue weighted by molar-refractivity contribution is 7.94. The Morgan fingerprint density at radius 1 is 1.42 bits per heavy atom. The molecule has 0 N–H and O–H groups in total. The van der Waals surface area contributed by atoms with E-state index in [9.17, 15) is 8.42 Å². The van der Waals surface area contributed by atoms with Gasteiger partial charge in [-0.15, -0.1) is 0 Å². The lowest BCUT2D eigenvalue weighted by atomic mass is 10.9. The SMILES string of the molecule is C=CS(=O)(=O)CCO[Si](C)(C)C. The van der Waals surface area contributed by atoms with Crippen molar-refractivity contribution in [1.29, 1.82) is 0 Å². The molecule has 0 unspecified atom stereocenters. The Bertz CT molecular complexity index is 238. The van der Waals surface area contributed by atoms with Gasteiger partial charge in [-0.05, 0) is 19.6 Å². The predicted molar refractivity (Wildman–Crippen MR) is 53.3 cm³/mol. The normalized spacial score (nSPS) is 12.9. The summed E-state index contributed by atoms with van der Waals surface area (Å²) in [6.45, 7) is 9.56. The van der Waals surface area contributed by atoms with Crippen LogP contribution in [0.2, 0.25) is 19.6 Å². The zero-order chi connectivity index (χ0) is 9.83. The lowest BCUT2D eigenvalue weighted by Gasteiger charge is -2.16. The lowest BCUT2D eigenvalue weighted by Crippen LogP contribution is -2.28. The maximum Gasteiger partial charge on any atom is 0.183 e. The predicted octanol–water partition coefficient (Wildman–Crippen LogP) is 1.40. The van der Waals surface area contributed by atoms with Crippen LogP contribution >= 0.6 is 0 Å². The zero-order valence-electron chi connectivity index (χ0n) is 7.83. The molecule has 3 nitrogen and oxygen atoms in total. The van der Waals surface area contributed by atoms with Gasteiger partial charge in [-0.1, -0.05) is 6.58 Å². The van der Waals surface area contributed by atoms with E-state index >= 15 is 0 Å². The molecule has 0 amide bonds. The number of rotatable bonds is 5. The number of hydrogen-bond acceptors (Lipinski definition) is 3. The van der Waals surface area contributed by atoms with Gasteiger partial charge < -0.3 is 4.43 Å². The fourth-order valence-corrected chi connectivity index (χ4v) is 1.89. The van der Waals surface area contributed by atoms with Crippen LogP contribution in [0.5, 0.6) is 0 Å². The molecule has 72 valence electrons. The highest BCUT2D eigenvalue weighted by Crippen LogP contribution is 2.02. The summed E-state index contributed by atoms with van der Waals surface area (Å²) in [5, 5.41) is 0.973. The molecule has 0 radical (unpaired) electrons. The molecule has 0 bridgehead atoms. The average molecular weight is 208 g/mol. The minimum Gasteiger partial charge on any atom is -0.417 e. The molecule has 0 aromatic heterocycles. The summed E-state index contributed by atoms with van der Waals surface area (Å²) in [6, 6.07) is 0. The monoisotopic (exact) mass is 208 g/mol. The van der Waals surface area contributed by atoms with Crippen LogP contribution < -0.4 is 0 Å². The van der Waals surface area contributed by atoms with E-state index in [1.165, 1.54) is 0 Å². The van der Waals surface area contributed by atoms with Crippen molar-refractivity contribution in [3.63, 3.8) is 0 Å². The molecule has 0 aliphatic carbocycles. The maximum absolute atomic E-state index is 10.9. The summed E-state index contributed by atoms with van der Waals surface area (Å²) in [6.07, 6.45) is 0. The first kappa shape index (κ1) is 11.9. The zero-order valence-corrected chi connectivity index (χ0v) is 9.65. The summed E-state index contributed by atoms with van der Waals surface area (Å²) in [4.78, 5) is 0. The first-order chi connectivity index (χ1) is 5.27. The second-order valence-corrected chi connectivity index (χ2v) is 10.1. The fraction of sp³-hybridized carbons (Fsp3) is 0.714. The Balaban J connectivity index is 3.80. The van der Waals surface area contributed by atoms with Crippen molar-refractivity contribution in [3.05, 3.63) is 12.0 Å². The van der Waals surface area contributed by atoms with Crippen LogP contribution in [-0.2, 0) is 14.3 Å². The van der Waals surface area contributed by atoms with E-state index < -0.39 is 18.2 Å². The Kier molecular flexibility index (Phi) is 4.16. The Labute approximate surface area is 75.5 Å². The minimum absolute atomic E-state index is 0.0424. The maximum atomic E-state index is 10.9. The third-order valence-electron chi connectivity index (χ3n) is 1.16. The van der Waals surface area contributed by atoms with Crippen molar-refractivity contribution in [1.82, 2.24) is 0 Å². The fourth-order valence-electron chi connectivity index (χ4n) is 0.547. The van der Waals surface area contributed by atoms with Crippen LogP contribution in [0.1, 0.15) is 0 Å². The van der Waals surface area contributed by atoms with Crippen molar-refractivity contribution in [2.75, 3.05) is 12.4 Å². The van der Waals surface area contributed by atoms with Crippen molar-refractivity contribution >= 4 is 18.2 Å². The summed E-state index contributed by atoms with van der Waals surface area (Å²) in [5.74, 6) is 0.0424. The Morgan fingerprint density at radius 3 is 2.25 bits per heavy atom. The van der Waals surface area contributed by atoms with Gasteiger partial charge in [0, 0.05) is 12.0 Å². The van der Waals surface area contributed by atoms with Crippen LogP contribution in [0.3, 0.4) is 0 Å². The van der Waals surface area contributed by atoms with Gasteiger partial charge in [0.25, 0.3) is 0 Å². The molecule has 0 aromatic rings. The van der Waals surface area contributed by atoms with E-state index in [0.29, 0.717) is 0 Å². The molecule has 0 aromatic carbocycles. The van der Waals surface area contributed by atoms with E-state index in [0.717, 1.165) is 5.41 Å². The van der Waals surface area contributed by atoms with Crippen LogP contribution in [0.25, 0.3) is 0 Å². The van der Waals surface area contributed by atoms with Gasteiger partial charge in [0.2, 0.25) is 0 Å². The molecule has 0 saturated heterocycles. The first-order valence-electron chi connectivity index (χ1n) is 3.76. The lowest BCUT2D eigenvalue weighted by molar-refractivity contribution is 0.335. The summed E-state index contributed by atoms with van der Waals surface area (Å²) < 4.78 is 27.2.